The lowest BCUT2D eigenvalue weighted by Gasteiger charge is -2.13. The number of fused-ring (bicyclic) bond motifs is 3. The number of nitrogens with two attached hydrogens (primary N) is 1. The normalized spacial score (nSPS) is 13.5. The molecule has 1 atom stereocenters. The number of carbonyl (C=O) groups is 1. The van der Waals surface area contributed by atoms with E-state index in [1.54, 1.807) is 29.7 Å². The fraction of sp³-hybridized carbons (Fsp3) is 0.548. The predicted molar refractivity (Wildman–Crippen MR) is 232 cm³/mol. The van der Waals surface area contributed by atoms with Crippen molar-refractivity contribution in [2.24, 2.45) is 10.7 Å². The Bertz CT molecular complexity index is 1910. The molecule has 3 aromatic heterocycles. The number of halogens is 1. The zero-order chi connectivity index (χ0) is 43.1. The van der Waals surface area contributed by atoms with Crippen LogP contribution in [0.25, 0.3) is 5.00 Å². The number of anilines is 1. The number of hydrogen-bond acceptors (Lipinski definition) is 16. The van der Waals surface area contributed by atoms with Gasteiger partial charge < -0.3 is 53.7 Å². The Morgan fingerprint density at radius 1 is 0.721 bits per heavy atom. The maximum Gasteiger partial charge on any atom is 0.227 e. The number of ether oxygens (including phenoxy) is 9. The van der Waals surface area contributed by atoms with Gasteiger partial charge in [-0.25, -0.2) is 4.98 Å². The van der Waals surface area contributed by atoms with Crippen molar-refractivity contribution in [2.45, 2.75) is 33.2 Å². The van der Waals surface area contributed by atoms with Gasteiger partial charge in [-0.05, 0) is 44.5 Å². The summed E-state index contributed by atoms with van der Waals surface area (Å²) in [4.78, 5) is 24.1. The van der Waals surface area contributed by atoms with Crippen LogP contribution in [-0.2, 0) is 42.7 Å². The molecule has 19 heteroatoms. The molecule has 4 heterocycles. The average molecular weight is 888 g/mol. The highest BCUT2D eigenvalue weighted by molar-refractivity contribution is 7.15. The lowest BCUT2D eigenvalue weighted by molar-refractivity contribution is -0.116. The SMILES string of the molecule is Cc1sc2c(c1C)C(c1ccc(Cl)cc1)=NC(CC(=O)Nc1ccc(OCCOCCOCCOCCOCCOCCOCCOCCOCCN)nc1)c1nnc(C)n1-2. The van der Waals surface area contributed by atoms with Crippen LogP contribution in [0.1, 0.15) is 45.7 Å². The quantitative estimate of drug-likeness (QED) is 0.0661. The number of aromatic nitrogens is 4. The molecule has 5 rings (SSSR count). The van der Waals surface area contributed by atoms with Crippen LogP contribution in [0.15, 0.2) is 47.6 Å². The second-order valence-electron chi connectivity index (χ2n) is 13.6. The second kappa shape index (κ2) is 27.2. The summed E-state index contributed by atoms with van der Waals surface area (Å²) >= 11 is 7.89. The molecule has 0 radical (unpaired) electrons. The molecule has 0 fully saturated rings. The van der Waals surface area contributed by atoms with E-state index in [4.69, 9.17) is 65.0 Å². The van der Waals surface area contributed by atoms with Crippen LogP contribution in [0.3, 0.4) is 0 Å². The molecular formula is C42H58ClN7O10S. The first-order valence-electron chi connectivity index (χ1n) is 20.4. The molecule has 1 unspecified atom stereocenters. The minimum atomic E-state index is -0.587. The molecule has 1 aromatic carbocycles. The predicted octanol–water partition coefficient (Wildman–Crippen LogP) is 4.69. The molecular weight excluding hydrogens is 830 g/mol. The van der Waals surface area contributed by atoms with E-state index in [2.05, 4.69) is 34.3 Å². The van der Waals surface area contributed by atoms with Crippen LogP contribution >= 0.6 is 22.9 Å². The van der Waals surface area contributed by atoms with Crippen molar-refractivity contribution in [3.05, 3.63) is 80.8 Å². The van der Waals surface area contributed by atoms with Gasteiger partial charge in [-0.2, -0.15) is 0 Å². The first kappa shape index (κ1) is 48.1. The van der Waals surface area contributed by atoms with E-state index >= 15 is 0 Å². The van der Waals surface area contributed by atoms with Crippen molar-refractivity contribution < 1.29 is 47.4 Å². The number of pyridine rings is 1. The van der Waals surface area contributed by atoms with Gasteiger partial charge in [0.25, 0.3) is 0 Å². The van der Waals surface area contributed by atoms with Crippen LogP contribution in [0.5, 0.6) is 5.88 Å². The highest BCUT2D eigenvalue weighted by atomic mass is 35.5. The summed E-state index contributed by atoms with van der Waals surface area (Å²) in [6.45, 7) is 14.6. The molecule has 4 aromatic rings. The molecule has 0 saturated heterocycles. The number of benzene rings is 1. The fourth-order valence-corrected chi connectivity index (χ4v) is 7.33. The fourth-order valence-electron chi connectivity index (χ4n) is 5.99. The molecule has 0 saturated carbocycles. The Morgan fingerprint density at radius 2 is 1.25 bits per heavy atom. The van der Waals surface area contributed by atoms with Gasteiger partial charge in [0.1, 0.15) is 23.5 Å². The van der Waals surface area contributed by atoms with E-state index in [0.29, 0.717) is 141 Å². The third kappa shape index (κ3) is 16.1. The van der Waals surface area contributed by atoms with Gasteiger partial charge in [-0.3, -0.25) is 14.4 Å². The molecule has 334 valence electrons. The van der Waals surface area contributed by atoms with Crippen LogP contribution in [0, 0.1) is 20.8 Å². The number of nitrogens with zero attached hydrogens (tertiary/aromatic N) is 5. The summed E-state index contributed by atoms with van der Waals surface area (Å²) in [5, 5.41) is 13.4. The lowest BCUT2D eigenvalue weighted by atomic mass is 9.99. The van der Waals surface area contributed by atoms with Gasteiger partial charge in [0.2, 0.25) is 11.8 Å². The standard InChI is InChI=1S/C42H58ClN7O10S/c1-30-31(2)61-42-39(30)40(33-4-6-34(43)7-5-33)47-36(41-49-48-32(3)50(41)42)28-37(51)46-35-8-9-38(45-29-35)60-27-26-59-25-24-58-23-22-57-21-20-56-19-18-55-17-16-54-15-14-53-13-12-52-11-10-44/h4-9,29,36H,10-28,44H2,1-3H3,(H,46,51). The Balaban J connectivity index is 0.890. The maximum atomic E-state index is 13.5. The van der Waals surface area contributed by atoms with Gasteiger partial charge in [0, 0.05) is 33.6 Å². The number of thiophene rings is 1. The molecule has 0 aliphatic carbocycles. The van der Waals surface area contributed by atoms with Crippen molar-refractivity contribution in [1.82, 2.24) is 19.7 Å². The van der Waals surface area contributed by atoms with Crippen molar-refractivity contribution >= 4 is 40.2 Å². The second-order valence-corrected chi connectivity index (χ2v) is 15.2. The Hall–Kier alpha value is -3.92. The number of aryl methyl sites for hydroxylation is 2. The topological polar surface area (TPSA) is 194 Å². The van der Waals surface area contributed by atoms with E-state index in [-0.39, 0.29) is 12.3 Å². The average Bonchev–Trinajstić information content (AvgIpc) is 3.74. The molecule has 1 aliphatic rings. The number of amides is 1. The molecule has 1 amide bonds. The largest absolute Gasteiger partial charge is 0.475 e. The molecule has 1 aliphatic heterocycles. The van der Waals surface area contributed by atoms with Crippen LogP contribution < -0.4 is 15.8 Å². The van der Waals surface area contributed by atoms with Gasteiger partial charge in [-0.15, -0.1) is 21.5 Å². The Kier molecular flexibility index (Phi) is 21.5. The number of carbonyl (C=O) groups excluding carboxylic acids is 1. The smallest absolute Gasteiger partial charge is 0.227 e. The third-order valence-corrected chi connectivity index (χ3v) is 10.5. The summed E-state index contributed by atoms with van der Waals surface area (Å²) < 4.78 is 51.4. The zero-order valence-corrected chi connectivity index (χ0v) is 36.8. The molecule has 0 spiro atoms. The molecule has 17 nitrogen and oxygen atoms in total. The van der Waals surface area contributed by atoms with Crippen LogP contribution in [0.2, 0.25) is 5.02 Å². The van der Waals surface area contributed by atoms with E-state index in [1.807, 2.05) is 35.8 Å². The van der Waals surface area contributed by atoms with E-state index in [9.17, 15) is 4.79 Å². The summed E-state index contributed by atoms with van der Waals surface area (Å²) in [5.41, 5.74) is 9.71. The van der Waals surface area contributed by atoms with Gasteiger partial charge in [-0.1, -0.05) is 23.7 Å². The van der Waals surface area contributed by atoms with Crippen molar-refractivity contribution in [3.8, 4) is 10.9 Å². The highest BCUT2D eigenvalue weighted by Crippen LogP contribution is 2.39. The number of hydrogen-bond donors (Lipinski definition) is 2. The monoisotopic (exact) mass is 887 g/mol. The Morgan fingerprint density at radius 3 is 1.75 bits per heavy atom. The third-order valence-electron chi connectivity index (χ3n) is 9.10. The summed E-state index contributed by atoms with van der Waals surface area (Å²) in [6, 6.07) is 10.4. The van der Waals surface area contributed by atoms with Gasteiger partial charge in [0.05, 0.1) is 130 Å². The Labute approximate surface area is 366 Å². The van der Waals surface area contributed by atoms with Gasteiger partial charge in [0.15, 0.2) is 5.82 Å². The van der Waals surface area contributed by atoms with Gasteiger partial charge >= 0.3 is 0 Å². The maximum absolute atomic E-state index is 13.5. The van der Waals surface area contributed by atoms with Crippen LogP contribution in [0.4, 0.5) is 5.69 Å². The first-order valence-corrected chi connectivity index (χ1v) is 21.6. The highest BCUT2D eigenvalue weighted by Gasteiger charge is 2.32. The first-order chi connectivity index (χ1) is 29.9. The molecule has 3 N–H and O–H groups in total. The van der Waals surface area contributed by atoms with Crippen molar-refractivity contribution in [3.63, 3.8) is 0 Å². The van der Waals surface area contributed by atoms with E-state index in [0.717, 1.165) is 33.2 Å². The minimum Gasteiger partial charge on any atom is -0.475 e. The zero-order valence-electron chi connectivity index (χ0n) is 35.2. The summed E-state index contributed by atoms with van der Waals surface area (Å²) in [5.74, 6) is 1.51. The minimum absolute atomic E-state index is 0.0459. The number of rotatable bonds is 31. The van der Waals surface area contributed by atoms with E-state index < -0.39 is 6.04 Å². The molecule has 0 bridgehead atoms. The summed E-state index contributed by atoms with van der Waals surface area (Å²) in [7, 11) is 0. The van der Waals surface area contributed by atoms with Crippen LogP contribution in [-0.4, -0.2) is 150 Å². The van der Waals surface area contributed by atoms with E-state index in [1.165, 1.54) is 4.88 Å². The summed E-state index contributed by atoms with van der Waals surface area (Å²) in [6.07, 6.45) is 1.60. The number of nitrogens with one attached hydrogen (secondary N) is 1. The van der Waals surface area contributed by atoms with Crippen molar-refractivity contribution in [2.75, 3.05) is 124 Å². The lowest BCUT2D eigenvalue weighted by Crippen LogP contribution is -2.17. The number of aliphatic imine (C=N–C) groups is 1. The molecule has 61 heavy (non-hydrogen) atoms. The van der Waals surface area contributed by atoms with Crippen molar-refractivity contribution in [1.29, 1.82) is 0 Å².